The minimum Gasteiger partial charge on any atom is -0.381 e. The third-order valence-corrected chi connectivity index (χ3v) is 9.23. The van der Waals surface area contributed by atoms with Crippen LogP contribution in [0.25, 0.3) is 21.7 Å². The van der Waals surface area contributed by atoms with Gasteiger partial charge in [-0.2, -0.15) is 5.10 Å². The van der Waals surface area contributed by atoms with E-state index in [1.807, 2.05) is 52.3 Å². The smallest absolute Gasteiger partial charge is 0.276 e. The van der Waals surface area contributed by atoms with Crippen LogP contribution < -0.4 is 4.90 Å². The number of ketones is 1. The number of aromatic nitrogens is 3. The van der Waals surface area contributed by atoms with Gasteiger partial charge in [-0.1, -0.05) is 24.3 Å². The number of hydrogen-bond donors (Lipinski definition) is 0. The number of hydrogen-bond acceptors (Lipinski definition) is 6. The Hall–Kier alpha value is -3.62. The molecule has 3 aromatic heterocycles. The molecular weight excluding hydrogens is 508 g/mol. The van der Waals surface area contributed by atoms with Crippen LogP contribution in [0.2, 0.25) is 0 Å². The zero-order valence-electron chi connectivity index (χ0n) is 21.7. The highest BCUT2D eigenvalue weighted by Gasteiger charge is 2.30. The lowest BCUT2D eigenvalue weighted by Crippen LogP contribution is -2.33. The zero-order chi connectivity index (χ0) is 26.3. The molecule has 198 valence electrons. The van der Waals surface area contributed by atoms with E-state index in [0.29, 0.717) is 37.0 Å². The molecule has 0 bridgehead atoms. The molecule has 0 atom stereocenters. The van der Waals surface area contributed by atoms with Gasteiger partial charge in [-0.15, -0.1) is 11.3 Å². The molecule has 1 aliphatic carbocycles. The lowest BCUT2D eigenvalue weighted by molar-refractivity contribution is 0.0662. The van der Waals surface area contributed by atoms with Crippen molar-refractivity contribution in [3.05, 3.63) is 77.1 Å². The second-order valence-corrected chi connectivity index (χ2v) is 11.8. The Kier molecular flexibility index (Phi) is 6.37. The molecule has 0 N–H and O–H groups in total. The van der Waals surface area contributed by atoms with Crippen LogP contribution >= 0.6 is 11.3 Å². The Labute approximate surface area is 231 Å². The molecule has 2 fully saturated rings. The van der Waals surface area contributed by atoms with E-state index in [4.69, 9.17) is 9.72 Å². The fourth-order valence-corrected chi connectivity index (χ4v) is 6.79. The molecule has 1 saturated carbocycles. The summed E-state index contributed by atoms with van der Waals surface area (Å²) in [5.74, 6) is 0.697. The van der Waals surface area contributed by atoms with Gasteiger partial charge in [-0.05, 0) is 67.9 Å². The molecule has 5 heterocycles. The number of nitrogens with zero attached hydrogens (tertiary/aromatic N) is 4. The Morgan fingerprint density at radius 2 is 1.87 bits per heavy atom. The summed E-state index contributed by atoms with van der Waals surface area (Å²) in [5.41, 5.74) is 5.06. The van der Waals surface area contributed by atoms with Gasteiger partial charge in [0.1, 0.15) is 5.69 Å². The molecule has 3 aliphatic rings. The van der Waals surface area contributed by atoms with Gasteiger partial charge in [-0.25, -0.2) is 4.98 Å². The largest absolute Gasteiger partial charge is 0.381 e. The van der Waals surface area contributed by atoms with Crippen molar-refractivity contribution in [3.8, 4) is 21.7 Å². The van der Waals surface area contributed by atoms with Crippen LogP contribution in [-0.4, -0.2) is 46.2 Å². The normalized spacial score (nSPS) is 17.4. The van der Waals surface area contributed by atoms with E-state index in [0.717, 1.165) is 63.9 Å². The van der Waals surface area contributed by atoms with Crippen LogP contribution in [0.1, 0.15) is 63.9 Å². The van der Waals surface area contributed by atoms with Gasteiger partial charge in [0.05, 0.1) is 28.5 Å². The topological polar surface area (TPSA) is 77.3 Å². The number of pyridine rings is 1. The van der Waals surface area contributed by atoms with E-state index >= 15 is 0 Å². The monoisotopic (exact) mass is 538 g/mol. The van der Waals surface area contributed by atoms with Gasteiger partial charge in [0.2, 0.25) is 0 Å². The number of para-hydroxylation sites is 1. The fourth-order valence-electron chi connectivity index (χ4n) is 5.60. The zero-order valence-corrected chi connectivity index (χ0v) is 22.5. The highest BCUT2D eigenvalue weighted by atomic mass is 32.1. The number of amides is 1. The maximum Gasteiger partial charge on any atom is 0.276 e. The number of thiophene rings is 1. The van der Waals surface area contributed by atoms with Crippen LogP contribution in [0.15, 0.2) is 60.9 Å². The van der Waals surface area contributed by atoms with E-state index in [1.54, 1.807) is 17.4 Å². The van der Waals surface area contributed by atoms with Gasteiger partial charge in [0, 0.05) is 48.4 Å². The van der Waals surface area contributed by atoms with E-state index in [9.17, 15) is 9.59 Å². The summed E-state index contributed by atoms with van der Waals surface area (Å²) in [6.07, 6.45) is 9.43. The van der Waals surface area contributed by atoms with Crippen molar-refractivity contribution >= 4 is 28.7 Å². The maximum atomic E-state index is 13.9. The number of rotatable bonds is 6. The second-order valence-electron chi connectivity index (χ2n) is 10.7. The molecule has 0 unspecified atom stereocenters. The first kappa shape index (κ1) is 24.4. The van der Waals surface area contributed by atoms with Crippen LogP contribution in [0.5, 0.6) is 0 Å². The number of ether oxygens (including phenoxy) is 1. The number of anilines is 1. The highest BCUT2D eigenvalue weighted by molar-refractivity contribution is 7.17. The summed E-state index contributed by atoms with van der Waals surface area (Å²) < 4.78 is 7.48. The second kappa shape index (κ2) is 10.2. The van der Waals surface area contributed by atoms with Gasteiger partial charge >= 0.3 is 0 Å². The number of benzene rings is 1. The average Bonchev–Trinajstić information content (AvgIpc) is 3.51. The fraction of sp³-hybridized carbons (Fsp3) is 0.355. The van der Waals surface area contributed by atoms with E-state index in [1.165, 1.54) is 12.8 Å². The lowest BCUT2D eigenvalue weighted by Gasteiger charge is -2.23. The third kappa shape index (κ3) is 4.83. The minimum absolute atomic E-state index is 0.124. The number of fused-ring (bicyclic) bond motifs is 3. The number of Topliss-reactive ketones (excluding diaryl/α,β-unsaturated/α-hetero) is 1. The van der Waals surface area contributed by atoms with Crippen molar-refractivity contribution in [1.82, 2.24) is 14.8 Å². The molecule has 0 spiro atoms. The van der Waals surface area contributed by atoms with Gasteiger partial charge in [0.25, 0.3) is 5.91 Å². The van der Waals surface area contributed by atoms with Crippen LogP contribution in [0.3, 0.4) is 0 Å². The summed E-state index contributed by atoms with van der Waals surface area (Å²) in [6.45, 7) is 2.04. The quantitative estimate of drug-likeness (QED) is 0.273. The van der Waals surface area contributed by atoms with Crippen molar-refractivity contribution in [2.45, 2.75) is 44.6 Å². The molecule has 2 aliphatic heterocycles. The Morgan fingerprint density at radius 1 is 1.03 bits per heavy atom. The van der Waals surface area contributed by atoms with Crippen LogP contribution in [-0.2, 0) is 11.2 Å². The van der Waals surface area contributed by atoms with Crippen molar-refractivity contribution in [2.24, 2.45) is 5.92 Å². The average molecular weight is 539 g/mol. The molecule has 1 aromatic carbocycles. The molecule has 1 saturated heterocycles. The highest BCUT2D eigenvalue weighted by Crippen LogP contribution is 2.43. The summed E-state index contributed by atoms with van der Waals surface area (Å²) in [5, 5.41) is 4.58. The Morgan fingerprint density at radius 3 is 2.72 bits per heavy atom. The van der Waals surface area contributed by atoms with Crippen LogP contribution in [0.4, 0.5) is 5.69 Å². The molecule has 4 aromatic rings. The lowest BCUT2D eigenvalue weighted by atomic mass is 10.1. The summed E-state index contributed by atoms with van der Waals surface area (Å²) in [7, 11) is 0. The molecule has 39 heavy (non-hydrogen) atoms. The third-order valence-electron chi connectivity index (χ3n) is 7.97. The standard InChI is InChI=1S/C31H30N4O3S/c36-28(16-20-8-9-20)29-17-21-10-13-34(27-7-2-1-4-24(27)30(21)39-29)31(37)26-6-3-5-25(33-26)22-18-32-35(19-22)23-11-14-38-15-12-23/h1-7,17-20,23H,8-16H2. The molecule has 8 heteroatoms. The van der Waals surface area contributed by atoms with Crippen LogP contribution in [0, 0.1) is 5.92 Å². The first-order valence-electron chi connectivity index (χ1n) is 13.8. The van der Waals surface area contributed by atoms with Gasteiger partial charge in [-0.3, -0.25) is 14.3 Å². The molecule has 7 nitrogen and oxygen atoms in total. The molecule has 7 rings (SSSR count). The van der Waals surface area contributed by atoms with Gasteiger partial charge < -0.3 is 9.64 Å². The molecule has 0 radical (unpaired) electrons. The summed E-state index contributed by atoms with van der Waals surface area (Å²) >= 11 is 1.57. The van der Waals surface area contributed by atoms with E-state index in [2.05, 4.69) is 17.2 Å². The Balaban J connectivity index is 1.16. The number of carbonyl (C=O) groups is 2. The molecular formula is C31H30N4O3S. The van der Waals surface area contributed by atoms with Crippen molar-refractivity contribution < 1.29 is 14.3 Å². The predicted molar refractivity (Wildman–Crippen MR) is 151 cm³/mol. The first-order valence-corrected chi connectivity index (χ1v) is 14.6. The van der Waals surface area contributed by atoms with Crippen molar-refractivity contribution in [3.63, 3.8) is 0 Å². The predicted octanol–water partition coefficient (Wildman–Crippen LogP) is 6.21. The SMILES string of the molecule is O=C(CC1CC1)c1cc2c(s1)-c1ccccc1N(C(=O)c1cccc(-c3cnn(C4CCOCC4)c3)n1)CC2. The number of carbonyl (C=O) groups excluding carboxylic acids is 2. The van der Waals surface area contributed by atoms with Gasteiger partial charge in [0.15, 0.2) is 5.78 Å². The van der Waals surface area contributed by atoms with E-state index in [-0.39, 0.29) is 11.7 Å². The minimum atomic E-state index is -0.124. The summed E-state index contributed by atoms with van der Waals surface area (Å²) in [6, 6.07) is 16.0. The maximum absolute atomic E-state index is 13.9. The first-order chi connectivity index (χ1) is 19.1. The van der Waals surface area contributed by atoms with Crippen molar-refractivity contribution in [2.75, 3.05) is 24.7 Å². The Bertz CT molecular complexity index is 1550. The molecule has 1 amide bonds. The van der Waals surface area contributed by atoms with Crippen molar-refractivity contribution in [1.29, 1.82) is 0 Å². The summed E-state index contributed by atoms with van der Waals surface area (Å²) in [4.78, 5) is 35.3. The van der Waals surface area contributed by atoms with E-state index < -0.39 is 0 Å².